The van der Waals surface area contributed by atoms with Crippen LogP contribution in [0.3, 0.4) is 0 Å². The van der Waals surface area contributed by atoms with E-state index in [0.717, 1.165) is 18.2 Å². The van der Waals surface area contributed by atoms with Crippen LogP contribution in [0.2, 0.25) is 0 Å². The molecule has 1 aliphatic rings. The van der Waals surface area contributed by atoms with Gasteiger partial charge >= 0.3 is 0 Å². The molecule has 1 aromatic rings. The van der Waals surface area contributed by atoms with Crippen LogP contribution < -0.4 is 10.1 Å². The first-order chi connectivity index (χ1) is 9.11. The second-order valence-electron chi connectivity index (χ2n) is 5.77. The van der Waals surface area contributed by atoms with E-state index in [4.69, 9.17) is 4.74 Å². The molecule has 0 aromatic heterocycles. The lowest BCUT2D eigenvalue weighted by Crippen LogP contribution is -2.40. The lowest BCUT2D eigenvalue weighted by molar-refractivity contribution is 0.250. The van der Waals surface area contributed by atoms with Crippen LogP contribution in [-0.4, -0.2) is 38.7 Å². The van der Waals surface area contributed by atoms with Gasteiger partial charge in [0.05, 0.1) is 7.11 Å². The fourth-order valence-electron chi connectivity index (χ4n) is 2.56. The van der Waals surface area contributed by atoms with Crippen LogP contribution >= 0.6 is 0 Å². The first-order valence-corrected chi connectivity index (χ1v) is 7.15. The Morgan fingerprint density at radius 2 is 1.89 bits per heavy atom. The molecule has 3 nitrogen and oxygen atoms in total. The zero-order chi connectivity index (χ0) is 13.8. The van der Waals surface area contributed by atoms with Crippen molar-refractivity contribution in [3.8, 4) is 5.75 Å². The van der Waals surface area contributed by atoms with Crippen molar-refractivity contribution in [2.45, 2.75) is 31.8 Å². The van der Waals surface area contributed by atoms with Gasteiger partial charge in [0.1, 0.15) is 5.75 Å². The maximum atomic E-state index is 5.19. The number of benzene rings is 1. The molecule has 2 rings (SSSR count). The van der Waals surface area contributed by atoms with E-state index in [1.165, 1.54) is 18.4 Å². The quantitative estimate of drug-likeness (QED) is 0.817. The molecule has 3 heteroatoms. The van der Waals surface area contributed by atoms with Crippen LogP contribution in [0.25, 0.3) is 0 Å². The monoisotopic (exact) mass is 262 g/mol. The molecule has 0 bridgehead atoms. The predicted molar refractivity (Wildman–Crippen MR) is 79.6 cm³/mol. The van der Waals surface area contributed by atoms with Crippen LogP contribution in [0.4, 0.5) is 0 Å². The fraction of sp³-hybridized carbons (Fsp3) is 0.625. The second kappa shape index (κ2) is 6.40. The number of methoxy groups -OCH3 is 1. The standard InChI is InChI=1S/C16H26N2O/c1-12(13-7-9-15(19-4)10-8-13)17-11-16(18(2)3)14-5-6-14/h7-10,12,14,16-17H,5-6,11H2,1-4H3/t12-,16-/m0/s1. The Hall–Kier alpha value is -1.06. The fourth-order valence-corrected chi connectivity index (χ4v) is 2.56. The number of hydrogen-bond donors (Lipinski definition) is 1. The summed E-state index contributed by atoms with van der Waals surface area (Å²) >= 11 is 0. The van der Waals surface area contributed by atoms with Crippen LogP contribution in [0, 0.1) is 5.92 Å². The topological polar surface area (TPSA) is 24.5 Å². The molecule has 1 fully saturated rings. The van der Waals surface area contributed by atoms with E-state index in [1.807, 2.05) is 12.1 Å². The Morgan fingerprint density at radius 3 is 2.37 bits per heavy atom. The van der Waals surface area contributed by atoms with Crippen molar-refractivity contribution in [3.63, 3.8) is 0 Å². The van der Waals surface area contributed by atoms with Crippen molar-refractivity contribution in [2.75, 3.05) is 27.7 Å². The highest BCUT2D eigenvalue weighted by molar-refractivity contribution is 5.28. The van der Waals surface area contributed by atoms with Gasteiger partial charge in [0.25, 0.3) is 0 Å². The van der Waals surface area contributed by atoms with Gasteiger partial charge in [0.2, 0.25) is 0 Å². The Bertz CT molecular complexity index is 382. The summed E-state index contributed by atoms with van der Waals surface area (Å²) in [4.78, 5) is 2.35. The first kappa shape index (κ1) is 14.4. The largest absolute Gasteiger partial charge is 0.497 e. The molecule has 0 spiro atoms. The maximum Gasteiger partial charge on any atom is 0.118 e. The van der Waals surface area contributed by atoms with Crippen LogP contribution in [-0.2, 0) is 0 Å². The van der Waals surface area contributed by atoms with E-state index in [2.05, 4.69) is 43.4 Å². The van der Waals surface area contributed by atoms with Crippen LogP contribution in [0.15, 0.2) is 24.3 Å². The SMILES string of the molecule is COc1ccc([C@H](C)NC[C@@H](C2CC2)N(C)C)cc1. The third kappa shape index (κ3) is 3.95. The third-order valence-electron chi connectivity index (χ3n) is 4.08. The first-order valence-electron chi connectivity index (χ1n) is 7.15. The molecule has 1 aromatic carbocycles. The van der Waals surface area contributed by atoms with Crippen molar-refractivity contribution in [2.24, 2.45) is 5.92 Å². The van der Waals surface area contributed by atoms with Gasteiger partial charge in [-0.05, 0) is 57.5 Å². The normalized spacial score (nSPS) is 18.4. The van der Waals surface area contributed by atoms with Crippen LogP contribution in [0.1, 0.15) is 31.4 Å². The van der Waals surface area contributed by atoms with Gasteiger partial charge in [0.15, 0.2) is 0 Å². The molecule has 0 radical (unpaired) electrons. The Labute approximate surface area is 116 Å². The minimum atomic E-state index is 0.382. The van der Waals surface area contributed by atoms with E-state index in [0.29, 0.717) is 12.1 Å². The molecule has 1 saturated carbocycles. The molecule has 1 N–H and O–H groups in total. The average molecular weight is 262 g/mol. The number of hydrogen-bond acceptors (Lipinski definition) is 3. The number of ether oxygens (including phenoxy) is 1. The van der Waals surface area contributed by atoms with E-state index in [-0.39, 0.29) is 0 Å². The molecule has 19 heavy (non-hydrogen) atoms. The van der Waals surface area contributed by atoms with Gasteiger partial charge in [-0.1, -0.05) is 12.1 Å². The molecule has 2 atom stereocenters. The smallest absolute Gasteiger partial charge is 0.118 e. The number of likely N-dealkylation sites (N-methyl/N-ethyl adjacent to an activating group) is 1. The summed E-state index contributed by atoms with van der Waals surface area (Å²) in [5, 5.41) is 3.66. The van der Waals surface area contributed by atoms with Crippen molar-refractivity contribution < 1.29 is 4.74 Å². The van der Waals surface area contributed by atoms with Crippen molar-refractivity contribution in [1.82, 2.24) is 10.2 Å². The van der Waals surface area contributed by atoms with Gasteiger partial charge < -0.3 is 15.0 Å². The van der Waals surface area contributed by atoms with Gasteiger partial charge in [-0.3, -0.25) is 0 Å². The summed E-state index contributed by atoms with van der Waals surface area (Å²) in [6.45, 7) is 3.28. The molecule has 0 aliphatic heterocycles. The Morgan fingerprint density at radius 1 is 1.26 bits per heavy atom. The molecule has 0 heterocycles. The summed E-state index contributed by atoms with van der Waals surface area (Å²) < 4.78 is 5.19. The zero-order valence-electron chi connectivity index (χ0n) is 12.5. The van der Waals surface area contributed by atoms with Crippen molar-refractivity contribution in [1.29, 1.82) is 0 Å². The van der Waals surface area contributed by atoms with Gasteiger partial charge in [-0.2, -0.15) is 0 Å². The van der Waals surface area contributed by atoms with Crippen LogP contribution in [0.5, 0.6) is 5.75 Å². The number of nitrogens with one attached hydrogen (secondary N) is 1. The van der Waals surface area contributed by atoms with E-state index >= 15 is 0 Å². The highest BCUT2D eigenvalue weighted by Gasteiger charge is 2.32. The van der Waals surface area contributed by atoms with Gasteiger partial charge in [0, 0.05) is 18.6 Å². The highest BCUT2D eigenvalue weighted by atomic mass is 16.5. The summed E-state index contributed by atoms with van der Waals surface area (Å²) in [5.41, 5.74) is 1.31. The lowest BCUT2D eigenvalue weighted by Gasteiger charge is -2.26. The molecular formula is C16H26N2O. The van der Waals surface area contributed by atoms with Crippen molar-refractivity contribution >= 4 is 0 Å². The Kier molecular flexibility index (Phi) is 4.83. The van der Waals surface area contributed by atoms with Crippen molar-refractivity contribution in [3.05, 3.63) is 29.8 Å². The molecular weight excluding hydrogens is 236 g/mol. The van der Waals surface area contributed by atoms with E-state index < -0.39 is 0 Å². The summed E-state index contributed by atoms with van der Waals surface area (Å²) in [6, 6.07) is 9.37. The maximum absolute atomic E-state index is 5.19. The minimum Gasteiger partial charge on any atom is -0.497 e. The van der Waals surface area contributed by atoms with E-state index in [9.17, 15) is 0 Å². The number of rotatable bonds is 7. The second-order valence-corrected chi connectivity index (χ2v) is 5.77. The molecule has 0 unspecified atom stereocenters. The van der Waals surface area contributed by atoms with E-state index in [1.54, 1.807) is 7.11 Å². The third-order valence-corrected chi connectivity index (χ3v) is 4.08. The summed E-state index contributed by atoms with van der Waals surface area (Å²) in [7, 11) is 6.07. The average Bonchev–Trinajstić information content (AvgIpc) is 3.23. The zero-order valence-corrected chi connectivity index (χ0v) is 12.5. The highest BCUT2D eigenvalue weighted by Crippen LogP contribution is 2.34. The molecule has 1 aliphatic carbocycles. The summed E-state index contributed by atoms with van der Waals surface area (Å²) in [6.07, 6.45) is 2.78. The number of nitrogens with zero attached hydrogens (tertiary/aromatic N) is 1. The molecule has 106 valence electrons. The predicted octanol–water partition coefficient (Wildman–Crippen LogP) is 2.69. The summed E-state index contributed by atoms with van der Waals surface area (Å²) in [5.74, 6) is 1.81. The van der Waals surface area contributed by atoms with Gasteiger partial charge in [-0.15, -0.1) is 0 Å². The van der Waals surface area contributed by atoms with Gasteiger partial charge in [-0.25, -0.2) is 0 Å². The Balaban J connectivity index is 1.87. The molecule has 0 amide bonds. The minimum absolute atomic E-state index is 0.382. The molecule has 0 saturated heterocycles. The lowest BCUT2D eigenvalue weighted by atomic mass is 10.1.